The maximum atomic E-state index is 13.5. The number of carbonyl (C=O) groups is 7. The van der Waals surface area contributed by atoms with E-state index in [9.17, 15) is 33.6 Å². The summed E-state index contributed by atoms with van der Waals surface area (Å²) in [5.41, 5.74) is 0.810. The molecule has 0 spiro atoms. The van der Waals surface area contributed by atoms with Crippen LogP contribution in [0.4, 0.5) is 0 Å². The quantitative estimate of drug-likeness (QED) is 0.0345. The Kier molecular flexibility index (Phi) is 18.0. The largest absolute Gasteiger partial charge is 0.465 e. The van der Waals surface area contributed by atoms with Crippen LogP contribution < -0.4 is 14.2 Å². The van der Waals surface area contributed by atoms with Crippen molar-refractivity contribution in [2.24, 2.45) is 35.5 Å². The average Bonchev–Trinajstić information content (AvgIpc) is 3.28. The van der Waals surface area contributed by atoms with E-state index in [0.29, 0.717) is 75.4 Å². The molecule has 2 aromatic carbocycles. The molecule has 14 nitrogen and oxygen atoms in total. The van der Waals surface area contributed by atoms with E-state index >= 15 is 0 Å². The molecule has 3 aliphatic carbocycles. The molecule has 3 fully saturated rings. The second-order valence-corrected chi connectivity index (χ2v) is 17.1. The van der Waals surface area contributed by atoms with Gasteiger partial charge in [0.1, 0.15) is 22.8 Å². The Morgan fingerprint density at radius 3 is 1.44 bits per heavy atom. The van der Waals surface area contributed by atoms with Gasteiger partial charge in [0.15, 0.2) is 0 Å². The normalized spacial score (nSPS) is 21.8. The number of hydrogen-bond donors (Lipinski definition) is 0. The number of benzene rings is 2. The molecule has 0 radical (unpaired) electrons. The minimum atomic E-state index is -0.824. The van der Waals surface area contributed by atoms with Crippen LogP contribution in [0, 0.1) is 42.4 Å². The van der Waals surface area contributed by atoms with Crippen molar-refractivity contribution in [3.05, 3.63) is 90.4 Å². The lowest BCUT2D eigenvalue weighted by Gasteiger charge is -2.36. The first-order chi connectivity index (χ1) is 30.6. The lowest BCUT2D eigenvalue weighted by molar-refractivity contribution is -0.151. The molecule has 0 heterocycles. The third-order valence-corrected chi connectivity index (χ3v) is 12.2. The number of ether oxygens (including phenoxy) is 7. The van der Waals surface area contributed by atoms with Gasteiger partial charge in [-0.2, -0.15) is 0 Å². The van der Waals surface area contributed by atoms with E-state index in [1.165, 1.54) is 31.2 Å². The number of carbonyl (C=O) groups excluding carboxylic acids is 7. The van der Waals surface area contributed by atoms with Crippen molar-refractivity contribution in [3.8, 4) is 17.2 Å². The molecule has 0 atom stereocenters. The van der Waals surface area contributed by atoms with Gasteiger partial charge in [0.05, 0.1) is 54.0 Å². The average molecular weight is 885 g/mol. The van der Waals surface area contributed by atoms with Gasteiger partial charge in [-0.05, 0) is 158 Å². The van der Waals surface area contributed by atoms with Gasteiger partial charge in [-0.25, -0.2) is 14.4 Å². The van der Waals surface area contributed by atoms with Gasteiger partial charge >= 0.3 is 41.8 Å². The number of rotatable bonds is 18. The summed E-state index contributed by atoms with van der Waals surface area (Å²) in [5, 5.41) is 0. The van der Waals surface area contributed by atoms with Crippen molar-refractivity contribution >= 4 is 41.8 Å². The molecule has 344 valence electrons. The molecule has 0 bridgehead atoms. The number of hydrogen-bond acceptors (Lipinski definition) is 14. The zero-order chi connectivity index (χ0) is 46.3. The molecule has 14 heteroatoms. The van der Waals surface area contributed by atoms with E-state index in [1.54, 1.807) is 26.0 Å². The van der Waals surface area contributed by atoms with Crippen molar-refractivity contribution in [2.75, 3.05) is 13.2 Å². The Hall–Kier alpha value is -6.05. The van der Waals surface area contributed by atoms with Crippen molar-refractivity contribution < 1.29 is 66.7 Å². The summed E-state index contributed by atoms with van der Waals surface area (Å²) in [6, 6.07) is 8.89. The molecule has 64 heavy (non-hydrogen) atoms. The molecule has 0 N–H and O–H groups in total. The van der Waals surface area contributed by atoms with Gasteiger partial charge in [-0.1, -0.05) is 25.8 Å². The van der Waals surface area contributed by atoms with Crippen molar-refractivity contribution in [1.82, 2.24) is 0 Å². The molecule has 2 aromatic rings. The van der Waals surface area contributed by atoms with Crippen LogP contribution in [-0.4, -0.2) is 55.0 Å². The highest BCUT2D eigenvalue weighted by Crippen LogP contribution is 2.42. The standard InChI is InChI=1S/C50H60O14/c1-7-44(51)58-26-8-9-27-59-45(52)35-15-11-33(12-16-35)34-13-17-38(18-14-34)48(55)64-43-25-24-40(29-42(43)50(57)61-31(4)5)63-47(54)37-21-19-36(20-22-37)46(53)62-39-23-10-32(6)41(28-39)49(56)60-30(2)3/h7,10,23-25,28-29,33-38H,1-2,4,8-9,11-22,26-27H2,3,5-6H3. The van der Waals surface area contributed by atoms with E-state index in [2.05, 4.69) is 19.7 Å². The summed E-state index contributed by atoms with van der Waals surface area (Å²) >= 11 is 0. The van der Waals surface area contributed by atoms with Crippen LogP contribution in [0.5, 0.6) is 17.2 Å². The van der Waals surface area contributed by atoms with E-state index in [4.69, 9.17) is 33.2 Å². The lowest BCUT2D eigenvalue weighted by Crippen LogP contribution is -2.31. The number of unbranched alkanes of at least 4 members (excludes halogenated alkanes) is 1. The predicted octanol–water partition coefficient (Wildman–Crippen LogP) is 9.26. The third-order valence-electron chi connectivity index (χ3n) is 12.2. The Labute approximate surface area is 374 Å². The first-order valence-electron chi connectivity index (χ1n) is 22.2. The molecular weight excluding hydrogens is 825 g/mol. The topological polar surface area (TPSA) is 184 Å². The SMILES string of the molecule is C=CC(=O)OCCCCOC(=O)C1CCC(C2CCC(C(=O)Oc3ccc(OC(=O)C4CCC(C(=O)Oc5ccc(C)c(C(=O)OC(=C)C)c5)CC4)cc3C(=O)OC(=C)C)CC2)CC1. The first-order valence-corrected chi connectivity index (χ1v) is 22.2. The van der Waals surface area contributed by atoms with Crippen molar-refractivity contribution in [2.45, 2.75) is 111 Å². The second-order valence-electron chi connectivity index (χ2n) is 17.1. The zero-order valence-electron chi connectivity index (χ0n) is 37.2. The molecule has 0 saturated heterocycles. The Bertz CT molecular complexity index is 2080. The summed E-state index contributed by atoms with van der Waals surface area (Å²) in [6.07, 6.45) is 10.1. The van der Waals surface area contributed by atoms with Crippen LogP contribution in [0.3, 0.4) is 0 Å². The Balaban J connectivity index is 1.07. The van der Waals surface area contributed by atoms with Crippen LogP contribution in [0.25, 0.3) is 0 Å². The van der Waals surface area contributed by atoms with Gasteiger partial charge < -0.3 is 33.2 Å². The van der Waals surface area contributed by atoms with Crippen LogP contribution in [0.1, 0.15) is 130 Å². The zero-order valence-corrected chi connectivity index (χ0v) is 37.2. The number of aryl methyl sites for hydroxylation is 1. The van der Waals surface area contributed by atoms with Crippen LogP contribution >= 0.6 is 0 Å². The van der Waals surface area contributed by atoms with Gasteiger partial charge in [0.2, 0.25) is 0 Å². The van der Waals surface area contributed by atoms with Gasteiger partial charge in [-0.3, -0.25) is 19.2 Å². The maximum absolute atomic E-state index is 13.5. The van der Waals surface area contributed by atoms with Gasteiger partial charge in [0.25, 0.3) is 0 Å². The number of allylic oxidation sites excluding steroid dienone is 2. The lowest BCUT2D eigenvalue weighted by atomic mass is 9.69. The van der Waals surface area contributed by atoms with E-state index < -0.39 is 47.7 Å². The van der Waals surface area contributed by atoms with Gasteiger partial charge in [0, 0.05) is 6.08 Å². The molecule has 0 aromatic heterocycles. The Morgan fingerprint density at radius 1 is 0.547 bits per heavy atom. The molecule has 0 aliphatic heterocycles. The highest BCUT2D eigenvalue weighted by Gasteiger charge is 2.37. The molecule has 0 amide bonds. The fourth-order valence-electron chi connectivity index (χ4n) is 8.67. The van der Waals surface area contributed by atoms with E-state index in [1.807, 2.05) is 0 Å². The minimum absolute atomic E-state index is 0.0214. The molecule has 0 unspecified atom stereocenters. The third kappa shape index (κ3) is 14.2. The number of esters is 7. The second kappa shape index (κ2) is 23.6. The predicted molar refractivity (Wildman–Crippen MR) is 233 cm³/mol. The summed E-state index contributed by atoms with van der Waals surface area (Å²) in [4.78, 5) is 89.3. The summed E-state index contributed by atoms with van der Waals surface area (Å²) < 4.78 is 37.9. The fourth-order valence-corrected chi connectivity index (χ4v) is 8.67. The highest BCUT2D eigenvalue weighted by molar-refractivity contribution is 5.95. The highest BCUT2D eigenvalue weighted by atomic mass is 16.6. The molecule has 3 aliphatic rings. The van der Waals surface area contributed by atoms with E-state index in [0.717, 1.165) is 44.6 Å². The monoisotopic (exact) mass is 884 g/mol. The van der Waals surface area contributed by atoms with Crippen LogP contribution in [0.2, 0.25) is 0 Å². The summed E-state index contributed by atoms with van der Waals surface area (Å²) in [7, 11) is 0. The van der Waals surface area contributed by atoms with Crippen LogP contribution in [-0.2, 0) is 42.9 Å². The van der Waals surface area contributed by atoms with Crippen molar-refractivity contribution in [3.63, 3.8) is 0 Å². The molecule has 3 saturated carbocycles. The van der Waals surface area contributed by atoms with E-state index in [-0.39, 0.29) is 64.3 Å². The fraction of sp³-hybridized carbons (Fsp3) is 0.500. The smallest absolute Gasteiger partial charge is 0.347 e. The Morgan fingerprint density at radius 2 is 0.953 bits per heavy atom. The minimum Gasteiger partial charge on any atom is -0.465 e. The molecular formula is C50H60O14. The van der Waals surface area contributed by atoms with Crippen molar-refractivity contribution in [1.29, 1.82) is 0 Å². The maximum Gasteiger partial charge on any atom is 0.347 e. The van der Waals surface area contributed by atoms with Crippen LogP contribution in [0.15, 0.2) is 73.7 Å². The summed E-state index contributed by atoms with van der Waals surface area (Å²) in [6.45, 7) is 15.9. The van der Waals surface area contributed by atoms with Gasteiger partial charge in [-0.15, -0.1) is 0 Å². The summed E-state index contributed by atoms with van der Waals surface area (Å²) in [5.74, 6) is -3.47. The first kappa shape index (κ1) is 49.0. The molecule has 5 rings (SSSR count).